The molecule has 2 aromatic rings. The highest BCUT2D eigenvalue weighted by Gasteiger charge is 2.19. The third-order valence-corrected chi connectivity index (χ3v) is 4.84. The molecule has 0 fully saturated rings. The molecule has 5 N–H and O–H groups in total. The fraction of sp³-hybridized carbons (Fsp3) is 0.412. The Balaban J connectivity index is 2.02. The van der Waals surface area contributed by atoms with Crippen LogP contribution in [-0.2, 0) is 17.9 Å². The molecule has 0 unspecified atom stereocenters. The van der Waals surface area contributed by atoms with Gasteiger partial charge in [0, 0.05) is 18.5 Å². The van der Waals surface area contributed by atoms with Crippen LogP contribution in [0.5, 0.6) is 0 Å². The second-order valence-electron chi connectivity index (χ2n) is 6.16. The second-order valence-corrected chi connectivity index (χ2v) is 7.20. The molecular weight excluding hydrogens is 384 g/mol. The fourth-order valence-electron chi connectivity index (χ4n) is 2.57. The summed E-state index contributed by atoms with van der Waals surface area (Å²) >= 11 is 1.49. The number of carbonyl (C=O) groups is 2. The van der Waals surface area contributed by atoms with E-state index >= 15 is 0 Å². The predicted molar refractivity (Wildman–Crippen MR) is 109 cm³/mol. The molecule has 2 heterocycles. The Morgan fingerprint density at radius 3 is 2.75 bits per heavy atom. The minimum absolute atomic E-state index is 0.00449. The number of thiophene rings is 1. The lowest BCUT2D eigenvalue weighted by atomic mass is 10.3. The molecule has 0 atom stereocenters. The molecule has 0 spiro atoms. The van der Waals surface area contributed by atoms with Crippen LogP contribution in [0.4, 0.5) is 16.3 Å². The summed E-state index contributed by atoms with van der Waals surface area (Å²) in [6.45, 7) is 2.34. The van der Waals surface area contributed by atoms with Gasteiger partial charge in [-0.05, 0) is 17.9 Å². The Hall–Kier alpha value is -3.08. The smallest absolute Gasteiger partial charge is 0.330 e. The first-order chi connectivity index (χ1) is 13.3. The molecule has 2 rings (SSSR count). The first kappa shape index (κ1) is 21.2. The summed E-state index contributed by atoms with van der Waals surface area (Å²) in [6.07, 6.45) is 1.56. The average Bonchev–Trinajstić information content (AvgIpc) is 3.12. The van der Waals surface area contributed by atoms with E-state index in [9.17, 15) is 19.2 Å². The van der Waals surface area contributed by atoms with Crippen LogP contribution in [0.3, 0.4) is 0 Å². The molecule has 0 saturated carbocycles. The SMILES string of the molecule is CCCCn1c(N)c(N(C)CC(=O)NC(=O)NCc2cccs2)c(=O)[nH]c1=O. The number of imide groups is 1. The molecule has 10 nitrogen and oxygen atoms in total. The molecule has 0 aliphatic heterocycles. The number of nitrogen functional groups attached to an aromatic ring is 1. The van der Waals surface area contributed by atoms with Crippen LogP contribution in [-0.4, -0.2) is 35.1 Å². The van der Waals surface area contributed by atoms with Crippen molar-refractivity contribution in [2.24, 2.45) is 0 Å². The van der Waals surface area contributed by atoms with Gasteiger partial charge in [0.05, 0.1) is 13.1 Å². The van der Waals surface area contributed by atoms with Crippen molar-refractivity contribution in [3.8, 4) is 0 Å². The van der Waals surface area contributed by atoms with Crippen molar-refractivity contribution in [1.82, 2.24) is 20.2 Å². The van der Waals surface area contributed by atoms with E-state index in [1.165, 1.54) is 27.9 Å². The highest BCUT2D eigenvalue weighted by molar-refractivity contribution is 7.09. The number of aromatic nitrogens is 2. The predicted octanol–water partition coefficient (Wildman–Crippen LogP) is 0.443. The monoisotopic (exact) mass is 408 g/mol. The van der Waals surface area contributed by atoms with E-state index in [2.05, 4.69) is 15.6 Å². The molecular formula is C17H24N6O4S. The van der Waals surface area contributed by atoms with Gasteiger partial charge in [-0.3, -0.25) is 24.5 Å². The Bertz CT molecular complexity index is 934. The Morgan fingerprint density at radius 2 is 2.11 bits per heavy atom. The summed E-state index contributed by atoms with van der Waals surface area (Å²) in [5.41, 5.74) is 4.72. The maximum Gasteiger partial charge on any atom is 0.330 e. The van der Waals surface area contributed by atoms with E-state index in [1.54, 1.807) is 0 Å². The van der Waals surface area contributed by atoms with Crippen LogP contribution in [0.25, 0.3) is 0 Å². The average molecular weight is 408 g/mol. The molecule has 11 heteroatoms. The van der Waals surface area contributed by atoms with Crippen molar-refractivity contribution >= 4 is 34.8 Å². The molecule has 152 valence electrons. The molecule has 2 aromatic heterocycles. The van der Waals surface area contributed by atoms with E-state index in [0.717, 1.165) is 11.3 Å². The minimum Gasteiger partial charge on any atom is -0.383 e. The van der Waals surface area contributed by atoms with Crippen LogP contribution in [0.2, 0.25) is 0 Å². The largest absolute Gasteiger partial charge is 0.383 e. The van der Waals surface area contributed by atoms with Crippen molar-refractivity contribution in [1.29, 1.82) is 0 Å². The zero-order valence-corrected chi connectivity index (χ0v) is 16.6. The topological polar surface area (TPSA) is 142 Å². The van der Waals surface area contributed by atoms with Crippen molar-refractivity contribution in [3.63, 3.8) is 0 Å². The molecule has 0 aromatic carbocycles. The summed E-state index contributed by atoms with van der Waals surface area (Å²) < 4.78 is 1.27. The number of nitrogens with one attached hydrogen (secondary N) is 3. The number of H-pyrrole nitrogens is 1. The van der Waals surface area contributed by atoms with Gasteiger partial charge in [0.1, 0.15) is 11.5 Å². The fourth-order valence-corrected chi connectivity index (χ4v) is 3.21. The van der Waals surface area contributed by atoms with E-state index in [0.29, 0.717) is 19.5 Å². The van der Waals surface area contributed by atoms with Gasteiger partial charge >= 0.3 is 11.7 Å². The number of amides is 3. The normalized spacial score (nSPS) is 10.5. The molecule has 0 saturated heterocycles. The van der Waals surface area contributed by atoms with Crippen molar-refractivity contribution in [2.75, 3.05) is 24.2 Å². The van der Waals surface area contributed by atoms with Gasteiger partial charge in [-0.15, -0.1) is 11.3 Å². The summed E-state index contributed by atoms with van der Waals surface area (Å²) in [6, 6.07) is 3.09. The zero-order valence-electron chi connectivity index (χ0n) is 15.8. The first-order valence-corrected chi connectivity index (χ1v) is 9.65. The van der Waals surface area contributed by atoms with Gasteiger partial charge in [0.2, 0.25) is 5.91 Å². The lowest BCUT2D eigenvalue weighted by Gasteiger charge is -2.21. The van der Waals surface area contributed by atoms with E-state index in [4.69, 9.17) is 5.73 Å². The van der Waals surface area contributed by atoms with Crippen LogP contribution < -0.4 is 32.5 Å². The minimum atomic E-state index is -0.687. The summed E-state index contributed by atoms with van der Waals surface area (Å²) in [5.74, 6) is -0.629. The molecule has 0 radical (unpaired) electrons. The maximum absolute atomic E-state index is 12.2. The zero-order chi connectivity index (χ0) is 20.7. The van der Waals surface area contributed by atoms with Crippen molar-refractivity contribution < 1.29 is 9.59 Å². The van der Waals surface area contributed by atoms with Gasteiger partial charge in [-0.2, -0.15) is 0 Å². The molecule has 0 aliphatic carbocycles. The highest BCUT2D eigenvalue weighted by atomic mass is 32.1. The maximum atomic E-state index is 12.2. The number of hydrogen-bond acceptors (Lipinski definition) is 7. The third kappa shape index (κ3) is 5.46. The third-order valence-electron chi connectivity index (χ3n) is 3.97. The highest BCUT2D eigenvalue weighted by Crippen LogP contribution is 2.15. The van der Waals surface area contributed by atoms with Crippen LogP contribution >= 0.6 is 11.3 Å². The number of urea groups is 1. The van der Waals surface area contributed by atoms with E-state index in [1.807, 2.05) is 24.4 Å². The number of anilines is 2. The number of nitrogens with zero attached hydrogens (tertiary/aromatic N) is 2. The quantitative estimate of drug-likeness (QED) is 0.499. The van der Waals surface area contributed by atoms with Gasteiger partial charge < -0.3 is 16.0 Å². The van der Waals surface area contributed by atoms with Crippen molar-refractivity contribution in [3.05, 3.63) is 43.2 Å². The number of rotatable bonds is 8. The van der Waals surface area contributed by atoms with Crippen molar-refractivity contribution in [2.45, 2.75) is 32.9 Å². The number of aromatic amines is 1. The van der Waals surface area contributed by atoms with Gasteiger partial charge in [0.25, 0.3) is 5.56 Å². The molecule has 3 amide bonds. The lowest BCUT2D eigenvalue weighted by molar-refractivity contribution is -0.118. The second kappa shape index (κ2) is 9.74. The molecule has 28 heavy (non-hydrogen) atoms. The van der Waals surface area contributed by atoms with E-state index in [-0.39, 0.29) is 18.1 Å². The van der Waals surface area contributed by atoms with Crippen LogP contribution in [0.15, 0.2) is 27.1 Å². The number of likely N-dealkylation sites (N-methyl/N-ethyl adjacent to an activating group) is 1. The Morgan fingerprint density at radius 1 is 1.36 bits per heavy atom. The lowest BCUT2D eigenvalue weighted by Crippen LogP contribution is -2.45. The standard InChI is InChI=1S/C17H24N6O4S/c1-3-4-7-23-14(18)13(15(25)21-17(23)27)22(2)10-12(24)20-16(26)19-9-11-6-5-8-28-11/h5-6,8H,3-4,7,9-10,18H2,1-2H3,(H,21,25,27)(H2,19,20,24,26). The number of hydrogen-bond donors (Lipinski definition) is 4. The summed E-state index contributed by atoms with van der Waals surface area (Å²) in [7, 11) is 1.48. The van der Waals surface area contributed by atoms with Crippen LogP contribution in [0.1, 0.15) is 24.6 Å². The molecule has 0 aliphatic rings. The van der Waals surface area contributed by atoms with Gasteiger partial charge in [-0.1, -0.05) is 19.4 Å². The number of unbranched alkanes of at least 4 members (excludes halogenated alkanes) is 1. The summed E-state index contributed by atoms with van der Waals surface area (Å²) in [5, 5.41) is 6.65. The number of carbonyl (C=O) groups excluding carboxylic acids is 2. The summed E-state index contributed by atoms with van der Waals surface area (Å²) in [4.78, 5) is 52.5. The Kier molecular flexibility index (Phi) is 7.38. The van der Waals surface area contributed by atoms with E-state index < -0.39 is 23.2 Å². The van der Waals surface area contributed by atoms with Gasteiger partial charge in [0.15, 0.2) is 0 Å². The molecule has 0 bridgehead atoms. The Labute approximate surface area is 165 Å². The first-order valence-electron chi connectivity index (χ1n) is 8.77. The van der Waals surface area contributed by atoms with Crippen LogP contribution in [0, 0.1) is 0 Å². The van der Waals surface area contributed by atoms with Gasteiger partial charge in [-0.25, -0.2) is 9.59 Å². The number of nitrogens with two attached hydrogens (primary N) is 1.